The van der Waals surface area contributed by atoms with Crippen molar-refractivity contribution in [3.05, 3.63) is 0 Å². The molecule has 1 N–H and O–H groups in total. The van der Waals surface area contributed by atoms with Gasteiger partial charge in [-0.2, -0.15) is 0 Å². The van der Waals surface area contributed by atoms with E-state index in [0.29, 0.717) is 11.5 Å². The van der Waals surface area contributed by atoms with Gasteiger partial charge in [-0.15, -0.1) is 0 Å². The lowest BCUT2D eigenvalue weighted by atomic mass is 10.6. The number of nitrogens with zero attached hydrogens (tertiary/aromatic N) is 2. The van der Waals surface area contributed by atoms with E-state index in [9.17, 15) is 9.36 Å². The SMILES string of the molecule is CC(N(C)CN(O)C=O)P(C)(C)=O. The summed E-state index contributed by atoms with van der Waals surface area (Å²) in [6.07, 6.45) is 0.319. The average molecular weight is 208 g/mol. The summed E-state index contributed by atoms with van der Waals surface area (Å²) in [5, 5.41) is 9.40. The van der Waals surface area contributed by atoms with E-state index in [0.717, 1.165) is 0 Å². The summed E-state index contributed by atoms with van der Waals surface area (Å²) in [6.45, 7) is 5.23. The molecule has 13 heavy (non-hydrogen) atoms. The fourth-order valence-electron chi connectivity index (χ4n) is 0.855. The summed E-state index contributed by atoms with van der Waals surface area (Å²) in [5.74, 6) is -0.151. The van der Waals surface area contributed by atoms with Crippen molar-refractivity contribution in [1.82, 2.24) is 9.96 Å². The third kappa shape index (κ3) is 4.41. The smallest absolute Gasteiger partial charge is 0.234 e. The van der Waals surface area contributed by atoms with Crippen molar-refractivity contribution in [2.45, 2.75) is 12.7 Å². The van der Waals surface area contributed by atoms with E-state index >= 15 is 0 Å². The van der Waals surface area contributed by atoms with Crippen LogP contribution in [0.2, 0.25) is 0 Å². The van der Waals surface area contributed by atoms with Crippen molar-refractivity contribution >= 4 is 13.6 Å². The predicted molar refractivity (Wildman–Crippen MR) is 51.2 cm³/mol. The summed E-state index contributed by atoms with van der Waals surface area (Å²) in [5.41, 5.74) is 0. The van der Waals surface area contributed by atoms with E-state index in [1.165, 1.54) is 0 Å². The molecule has 0 aliphatic rings. The number of carbonyl (C=O) groups excluding carboxylic acids is 1. The molecule has 78 valence electrons. The van der Waals surface area contributed by atoms with Crippen molar-refractivity contribution in [1.29, 1.82) is 0 Å². The van der Waals surface area contributed by atoms with Gasteiger partial charge in [-0.25, -0.2) is 5.06 Å². The van der Waals surface area contributed by atoms with Crippen LogP contribution in [-0.4, -0.2) is 54.4 Å². The van der Waals surface area contributed by atoms with E-state index in [4.69, 9.17) is 5.21 Å². The maximum atomic E-state index is 11.6. The lowest BCUT2D eigenvalue weighted by molar-refractivity contribution is -0.158. The fraction of sp³-hybridized carbons (Fsp3) is 0.857. The second-order valence-corrected chi connectivity index (χ2v) is 7.13. The molecule has 0 aromatic heterocycles. The predicted octanol–water partition coefficient (Wildman–Crippen LogP) is 0.692. The Labute approximate surface area is 78.6 Å². The molecular weight excluding hydrogens is 191 g/mol. The molecule has 0 fully saturated rings. The molecule has 0 rings (SSSR count). The minimum absolute atomic E-state index is 0.0658. The zero-order chi connectivity index (χ0) is 10.6. The lowest BCUT2D eigenvalue weighted by Gasteiger charge is -2.29. The van der Waals surface area contributed by atoms with Gasteiger partial charge >= 0.3 is 0 Å². The molecule has 1 unspecified atom stereocenters. The first-order chi connectivity index (χ1) is 5.79. The molecule has 1 atom stereocenters. The Balaban J connectivity index is 4.19. The molecule has 0 aliphatic heterocycles. The Bertz CT molecular complexity index is 216. The van der Waals surface area contributed by atoms with Crippen LogP contribution in [0.5, 0.6) is 0 Å². The maximum absolute atomic E-state index is 11.6. The summed E-state index contributed by atoms with van der Waals surface area (Å²) in [4.78, 5) is 11.8. The summed E-state index contributed by atoms with van der Waals surface area (Å²) >= 11 is 0. The van der Waals surface area contributed by atoms with Gasteiger partial charge in [0.1, 0.15) is 6.67 Å². The van der Waals surface area contributed by atoms with Crippen LogP contribution in [0.3, 0.4) is 0 Å². The van der Waals surface area contributed by atoms with Gasteiger partial charge in [-0.3, -0.25) is 14.9 Å². The summed E-state index contributed by atoms with van der Waals surface area (Å²) < 4.78 is 11.6. The van der Waals surface area contributed by atoms with Crippen LogP contribution < -0.4 is 0 Å². The fourth-order valence-corrected chi connectivity index (χ4v) is 1.88. The molecular formula is C7H17N2O3P. The third-order valence-corrected chi connectivity index (χ3v) is 4.22. The lowest BCUT2D eigenvalue weighted by Crippen LogP contribution is -2.37. The number of rotatable bonds is 5. The first-order valence-electron chi connectivity index (χ1n) is 3.94. The summed E-state index contributed by atoms with van der Waals surface area (Å²) in [7, 11) is -0.502. The number of carbonyl (C=O) groups is 1. The Morgan fingerprint density at radius 2 is 2.00 bits per heavy atom. The molecule has 0 radical (unpaired) electrons. The Morgan fingerprint density at radius 3 is 2.31 bits per heavy atom. The standard InChI is InChI=1S/C7H17N2O3P/c1-7(13(3,4)12)8(2)5-9(11)6-10/h6-7,11H,5H2,1-4H3. The number of amides is 1. The highest BCUT2D eigenvalue weighted by atomic mass is 31.2. The van der Waals surface area contributed by atoms with Crippen molar-refractivity contribution in [2.24, 2.45) is 0 Å². The highest BCUT2D eigenvalue weighted by Crippen LogP contribution is 2.43. The Morgan fingerprint density at radius 1 is 1.54 bits per heavy atom. The highest BCUT2D eigenvalue weighted by molar-refractivity contribution is 7.62. The zero-order valence-corrected chi connectivity index (χ0v) is 9.36. The largest absolute Gasteiger partial charge is 0.323 e. The van der Waals surface area contributed by atoms with E-state index in [1.54, 1.807) is 32.2 Å². The average Bonchev–Trinajstić information content (AvgIpc) is 2.01. The quantitative estimate of drug-likeness (QED) is 0.237. The normalized spacial score (nSPS) is 14.3. The second-order valence-electron chi connectivity index (χ2n) is 3.51. The van der Waals surface area contributed by atoms with Crippen molar-refractivity contribution in [3.8, 4) is 0 Å². The van der Waals surface area contributed by atoms with Gasteiger partial charge in [0.15, 0.2) is 0 Å². The van der Waals surface area contributed by atoms with Crippen molar-refractivity contribution in [3.63, 3.8) is 0 Å². The molecule has 0 saturated heterocycles. The first-order valence-corrected chi connectivity index (χ1v) is 6.61. The molecule has 0 heterocycles. The number of hydroxylamine groups is 2. The van der Waals surface area contributed by atoms with Gasteiger partial charge in [-0.1, -0.05) is 0 Å². The first kappa shape index (κ1) is 12.6. The molecule has 0 aromatic rings. The van der Waals surface area contributed by atoms with Crippen molar-refractivity contribution < 1.29 is 14.6 Å². The van der Waals surface area contributed by atoms with E-state index in [-0.39, 0.29) is 12.5 Å². The Kier molecular flexibility index (Phi) is 4.61. The van der Waals surface area contributed by atoms with Crippen LogP contribution in [-0.2, 0) is 9.36 Å². The monoisotopic (exact) mass is 208 g/mol. The van der Waals surface area contributed by atoms with E-state index in [1.807, 2.05) is 0 Å². The molecule has 0 saturated carbocycles. The van der Waals surface area contributed by atoms with Gasteiger partial charge in [0.05, 0.1) is 12.9 Å². The van der Waals surface area contributed by atoms with Gasteiger partial charge in [0.25, 0.3) is 0 Å². The zero-order valence-electron chi connectivity index (χ0n) is 8.47. The molecule has 0 spiro atoms. The van der Waals surface area contributed by atoms with Gasteiger partial charge in [0.2, 0.25) is 6.41 Å². The molecule has 0 aromatic carbocycles. The van der Waals surface area contributed by atoms with Crippen molar-refractivity contribution in [2.75, 3.05) is 27.0 Å². The number of hydrogen-bond acceptors (Lipinski definition) is 4. The van der Waals surface area contributed by atoms with Gasteiger partial charge in [0, 0.05) is 0 Å². The number of hydrogen-bond donors (Lipinski definition) is 1. The van der Waals surface area contributed by atoms with Gasteiger partial charge in [-0.05, 0) is 27.3 Å². The topological polar surface area (TPSA) is 60.9 Å². The molecule has 5 nitrogen and oxygen atoms in total. The van der Waals surface area contributed by atoms with E-state index < -0.39 is 7.14 Å². The molecule has 0 aliphatic carbocycles. The van der Waals surface area contributed by atoms with Crippen LogP contribution in [0, 0.1) is 0 Å². The molecule has 0 bridgehead atoms. The van der Waals surface area contributed by atoms with Crippen LogP contribution in [0.1, 0.15) is 6.92 Å². The van der Waals surface area contributed by atoms with E-state index in [2.05, 4.69) is 0 Å². The Hall–Kier alpha value is -0.380. The van der Waals surface area contributed by atoms with Crippen LogP contribution in [0.4, 0.5) is 0 Å². The second kappa shape index (κ2) is 4.74. The van der Waals surface area contributed by atoms with Crippen LogP contribution in [0.15, 0.2) is 0 Å². The van der Waals surface area contributed by atoms with Gasteiger partial charge < -0.3 is 4.57 Å². The minimum Gasteiger partial charge on any atom is -0.323 e. The van der Waals surface area contributed by atoms with Crippen LogP contribution in [0.25, 0.3) is 0 Å². The molecule has 1 amide bonds. The molecule has 6 heteroatoms. The summed E-state index contributed by atoms with van der Waals surface area (Å²) in [6, 6.07) is 0. The van der Waals surface area contributed by atoms with Crippen LogP contribution >= 0.6 is 7.14 Å². The highest BCUT2D eigenvalue weighted by Gasteiger charge is 2.22. The third-order valence-electron chi connectivity index (χ3n) is 2.03. The minimum atomic E-state index is -2.21. The maximum Gasteiger partial charge on any atom is 0.234 e.